The van der Waals surface area contributed by atoms with E-state index in [2.05, 4.69) is 5.10 Å². The highest BCUT2D eigenvalue weighted by atomic mass is 35.5. The van der Waals surface area contributed by atoms with Crippen LogP contribution in [0.2, 0.25) is 0 Å². The van der Waals surface area contributed by atoms with Crippen molar-refractivity contribution in [2.45, 2.75) is 19.7 Å². The Labute approximate surface area is 116 Å². The minimum absolute atomic E-state index is 0.0905. The third-order valence-electron chi connectivity index (χ3n) is 2.87. The number of hydrogen-bond donors (Lipinski definition) is 0. The third-order valence-corrected chi connectivity index (χ3v) is 3.12. The summed E-state index contributed by atoms with van der Waals surface area (Å²) in [4.78, 5) is 11.7. The molecule has 100 valence electrons. The fraction of sp³-hybridized carbons (Fsp3) is 0.286. The number of aryl methyl sites for hydroxylation is 2. The summed E-state index contributed by atoms with van der Waals surface area (Å²) in [6.07, 6.45) is 0. The monoisotopic (exact) mass is 278 g/mol. The van der Waals surface area contributed by atoms with Crippen LogP contribution < -0.4 is 10.2 Å². The number of benzene rings is 1. The number of alkyl halides is 1. The Hall–Kier alpha value is -1.81. The first-order valence-corrected chi connectivity index (χ1v) is 6.41. The van der Waals surface area contributed by atoms with Crippen LogP contribution in [0.3, 0.4) is 0 Å². The Balaban J connectivity index is 2.71. The van der Waals surface area contributed by atoms with Crippen LogP contribution in [-0.4, -0.2) is 16.9 Å². The topological polar surface area (TPSA) is 44.1 Å². The molecular weight excluding hydrogens is 264 g/mol. The molecule has 1 aromatic carbocycles. The smallest absolute Gasteiger partial charge is 0.204 e. The molecule has 0 saturated heterocycles. The van der Waals surface area contributed by atoms with Crippen molar-refractivity contribution in [1.29, 1.82) is 0 Å². The highest BCUT2D eigenvalue weighted by molar-refractivity contribution is 6.16. The summed E-state index contributed by atoms with van der Waals surface area (Å²) < 4.78 is 7.03. The molecule has 0 bridgehead atoms. The fourth-order valence-electron chi connectivity index (χ4n) is 1.89. The maximum atomic E-state index is 11.7. The molecule has 0 unspecified atom stereocenters. The zero-order valence-electron chi connectivity index (χ0n) is 11.1. The quantitative estimate of drug-likeness (QED) is 0.811. The van der Waals surface area contributed by atoms with E-state index in [4.69, 9.17) is 16.3 Å². The highest BCUT2D eigenvalue weighted by Crippen LogP contribution is 2.24. The molecule has 0 radical (unpaired) electrons. The van der Waals surface area contributed by atoms with Gasteiger partial charge in [-0.3, -0.25) is 4.79 Å². The molecule has 1 heterocycles. The van der Waals surface area contributed by atoms with Gasteiger partial charge in [-0.05, 0) is 31.5 Å². The van der Waals surface area contributed by atoms with Crippen molar-refractivity contribution in [3.05, 3.63) is 51.4 Å². The Kier molecular flexibility index (Phi) is 3.90. The van der Waals surface area contributed by atoms with Crippen molar-refractivity contribution < 1.29 is 4.74 Å². The van der Waals surface area contributed by atoms with Gasteiger partial charge in [-0.15, -0.1) is 11.6 Å². The van der Waals surface area contributed by atoms with Crippen LogP contribution >= 0.6 is 11.6 Å². The number of ether oxygens (including phenoxy) is 1. The minimum Gasteiger partial charge on any atom is -0.494 e. The van der Waals surface area contributed by atoms with Crippen LogP contribution in [0.4, 0.5) is 0 Å². The molecule has 0 aliphatic heterocycles. The molecule has 19 heavy (non-hydrogen) atoms. The largest absolute Gasteiger partial charge is 0.494 e. The summed E-state index contributed by atoms with van der Waals surface area (Å²) in [6, 6.07) is 7.33. The van der Waals surface area contributed by atoms with E-state index >= 15 is 0 Å². The maximum Gasteiger partial charge on any atom is 0.204 e. The van der Waals surface area contributed by atoms with Crippen molar-refractivity contribution in [3.8, 4) is 11.4 Å². The normalized spacial score (nSPS) is 10.5. The molecule has 0 saturated carbocycles. The molecule has 1 aromatic heterocycles. The first-order chi connectivity index (χ1) is 9.06. The molecule has 2 rings (SSSR count). The summed E-state index contributed by atoms with van der Waals surface area (Å²) in [6.45, 7) is 3.82. The number of rotatable bonds is 3. The molecule has 0 spiro atoms. The van der Waals surface area contributed by atoms with Crippen LogP contribution in [0.15, 0.2) is 29.1 Å². The van der Waals surface area contributed by atoms with Crippen LogP contribution in [-0.2, 0) is 5.88 Å². The third kappa shape index (κ3) is 2.63. The highest BCUT2D eigenvalue weighted by Gasteiger charge is 2.11. The lowest BCUT2D eigenvalue weighted by atomic mass is 10.2. The number of aromatic nitrogens is 2. The standard InChI is InChI=1S/C14H15ClN2O2/c1-9-4-5-14(19-3)12(6-9)17-10(2)7-13(18)11(8-15)16-17/h4-7H,8H2,1-3H3. The molecule has 0 amide bonds. The predicted molar refractivity (Wildman–Crippen MR) is 75.4 cm³/mol. The zero-order chi connectivity index (χ0) is 14.0. The lowest BCUT2D eigenvalue weighted by molar-refractivity contribution is 0.411. The second-order valence-corrected chi connectivity index (χ2v) is 4.58. The van der Waals surface area contributed by atoms with Gasteiger partial charge in [0.15, 0.2) is 0 Å². The van der Waals surface area contributed by atoms with E-state index in [1.54, 1.807) is 11.8 Å². The molecule has 0 fully saturated rings. The van der Waals surface area contributed by atoms with Crippen molar-refractivity contribution in [2.24, 2.45) is 0 Å². The number of hydrogen-bond acceptors (Lipinski definition) is 3. The Morgan fingerprint density at radius 1 is 1.32 bits per heavy atom. The van der Waals surface area contributed by atoms with Gasteiger partial charge in [0.25, 0.3) is 0 Å². The van der Waals surface area contributed by atoms with E-state index in [9.17, 15) is 4.79 Å². The van der Waals surface area contributed by atoms with Gasteiger partial charge in [0, 0.05) is 11.8 Å². The summed E-state index contributed by atoms with van der Waals surface area (Å²) in [5, 5.41) is 4.30. The molecule has 5 heteroatoms. The van der Waals surface area contributed by atoms with Crippen LogP contribution in [0, 0.1) is 13.8 Å². The van der Waals surface area contributed by atoms with Gasteiger partial charge in [-0.1, -0.05) is 6.07 Å². The zero-order valence-corrected chi connectivity index (χ0v) is 11.9. The molecule has 0 N–H and O–H groups in total. The van der Waals surface area contributed by atoms with Gasteiger partial charge in [0.2, 0.25) is 5.43 Å². The molecule has 0 atom stereocenters. The fourth-order valence-corrected chi connectivity index (χ4v) is 2.07. The summed E-state index contributed by atoms with van der Waals surface area (Å²) >= 11 is 5.74. The Morgan fingerprint density at radius 3 is 2.68 bits per heavy atom. The number of nitrogens with zero attached hydrogens (tertiary/aromatic N) is 2. The lowest BCUT2D eigenvalue weighted by Crippen LogP contribution is -2.18. The van der Waals surface area contributed by atoms with E-state index in [1.165, 1.54) is 6.07 Å². The molecule has 2 aromatic rings. The Morgan fingerprint density at radius 2 is 2.05 bits per heavy atom. The van der Waals surface area contributed by atoms with Crippen molar-refractivity contribution in [2.75, 3.05) is 7.11 Å². The van der Waals surface area contributed by atoms with Crippen LogP contribution in [0.5, 0.6) is 5.75 Å². The van der Waals surface area contributed by atoms with Crippen LogP contribution in [0.1, 0.15) is 17.0 Å². The van der Waals surface area contributed by atoms with Gasteiger partial charge in [-0.25, -0.2) is 4.68 Å². The summed E-state index contributed by atoms with van der Waals surface area (Å²) in [5.74, 6) is 0.790. The first-order valence-electron chi connectivity index (χ1n) is 5.87. The van der Waals surface area contributed by atoms with Crippen LogP contribution in [0.25, 0.3) is 5.69 Å². The SMILES string of the molecule is COc1ccc(C)cc1-n1nc(CCl)c(=O)cc1C. The summed E-state index contributed by atoms with van der Waals surface area (Å²) in [7, 11) is 1.61. The molecule has 0 aliphatic rings. The summed E-state index contributed by atoms with van der Waals surface area (Å²) in [5.41, 5.74) is 2.81. The average molecular weight is 279 g/mol. The second kappa shape index (κ2) is 5.45. The molecule has 0 aliphatic carbocycles. The second-order valence-electron chi connectivity index (χ2n) is 4.32. The van der Waals surface area contributed by atoms with E-state index in [0.717, 1.165) is 16.9 Å². The van der Waals surface area contributed by atoms with E-state index < -0.39 is 0 Å². The van der Waals surface area contributed by atoms with E-state index in [0.29, 0.717) is 11.4 Å². The first kappa shape index (κ1) is 13.6. The number of halogens is 1. The number of methoxy groups -OCH3 is 1. The van der Waals surface area contributed by atoms with Crippen molar-refractivity contribution >= 4 is 11.6 Å². The van der Waals surface area contributed by atoms with Crippen molar-refractivity contribution in [3.63, 3.8) is 0 Å². The predicted octanol–water partition coefficient (Wildman–Crippen LogP) is 2.60. The van der Waals surface area contributed by atoms with Crippen molar-refractivity contribution in [1.82, 2.24) is 9.78 Å². The molecule has 4 nitrogen and oxygen atoms in total. The van der Waals surface area contributed by atoms with E-state index in [-0.39, 0.29) is 11.3 Å². The van der Waals surface area contributed by atoms with Gasteiger partial charge < -0.3 is 4.74 Å². The van der Waals surface area contributed by atoms with Gasteiger partial charge in [0.1, 0.15) is 17.1 Å². The van der Waals surface area contributed by atoms with E-state index in [1.807, 2.05) is 32.0 Å². The minimum atomic E-state index is -0.143. The molecular formula is C14H15ClN2O2. The van der Waals surface area contributed by atoms with Gasteiger partial charge in [-0.2, -0.15) is 5.10 Å². The Bertz CT molecular complexity index is 665. The van der Waals surface area contributed by atoms with Gasteiger partial charge in [0.05, 0.1) is 13.0 Å². The average Bonchev–Trinajstić information content (AvgIpc) is 2.39. The van der Waals surface area contributed by atoms with Gasteiger partial charge >= 0.3 is 0 Å². The lowest BCUT2D eigenvalue weighted by Gasteiger charge is -2.14. The maximum absolute atomic E-state index is 11.7.